The summed E-state index contributed by atoms with van der Waals surface area (Å²) in [7, 11) is 4.16. The van der Waals surface area contributed by atoms with E-state index in [4.69, 9.17) is 4.74 Å². The summed E-state index contributed by atoms with van der Waals surface area (Å²) in [6.07, 6.45) is 0. The molecule has 2 N–H and O–H groups in total. The van der Waals surface area contributed by atoms with Gasteiger partial charge < -0.3 is 20.1 Å². The van der Waals surface area contributed by atoms with Crippen molar-refractivity contribution in [1.29, 1.82) is 0 Å². The monoisotopic (exact) mass is 280 g/mol. The summed E-state index contributed by atoms with van der Waals surface area (Å²) in [6, 6.07) is 5.62. The number of hydrogen-bond donors (Lipinski definition) is 2. The number of phenolic OH excluding ortho intramolecular Hbond substituents is 1. The lowest BCUT2D eigenvalue weighted by Gasteiger charge is -2.28. The summed E-state index contributed by atoms with van der Waals surface area (Å²) in [5, 5.41) is 13.5. The second-order valence-corrected chi connectivity index (χ2v) is 6.20. The maximum Gasteiger partial charge on any atom is 0.162 e. The maximum atomic E-state index is 10.1. The molecule has 1 aromatic carbocycles. The van der Waals surface area contributed by atoms with E-state index >= 15 is 0 Å². The van der Waals surface area contributed by atoms with Gasteiger partial charge >= 0.3 is 0 Å². The number of nitrogens with zero attached hydrogens (tertiary/aromatic N) is 1. The number of phenols is 1. The molecule has 0 aliphatic carbocycles. The minimum absolute atomic E-state index is 0.191. The first-order valence-electron chi connectivity index (χ1n) is 7.15. The number of rotatable bonds is 8. The first kappa shape index (κ1) is 16.8. The van der Waals surface area contributed by atoms with E-state index in [0.29, 0.717) is 18.9 Å². The fourth-order valence-corrected chi connectivity index (χ4v) is 2.43. The Morgan fingerprint density at radius 2 is 2.00 bits per heavy atom. The molecule has 0 heterocycles. The number of ether oxygens (including phenoxy) is 1. The molecule has 0 spiro atoms. The van der Waals surface area contributed by atoms with E-state index in [1.807, 2.05) is 19.1 Å². The Morgan fingerprint density at radius 3 is 2.60 bits per heavy atom. The van der Waals surface area contributed by atoms with Crippen molar-refractivity contribution in [1.82, 2.24) is 10.2 Å². The zero-order chi connectivity index (χ0) is 15.2. The van der Waals surface area contributed by atoms with E-state index in [1.54, 1.807) is 6.07 Å². The Bertz CT molecular complexity index is 417. The Hall–Kier alpha value is -1.26. The van der Waals surface area contributed by atoms with E-state index in [0.717, 1.165) is 18.7 Å². The number of aromatic hydroxyl groups is 1. The summed E-state index contributed by atoms with van der Waals surface area (Å²) >= 11 is 0. The topological polar surface area (TPSA) is 44.7 Å². The Balaban J connectivity index is 2.56. The number of para-hydroxylation sites is 1. The third kappa shape index (κ3) is 5.39. The highest BCUT2D eigenvalue weighted by Crippen LogP contribution is 2.29. The normalized spacial score (nSPS) is 11.9. The molecule has 4 nitrogen and oxygen atoms in total. The first-order valence-corrected chi connectivity index (χ1v) is 7.15. The van der Waals surface area contributed by atoms with Crippen LogP contribution < -0.4 is 10.1 Å². The van der Waals surface area contributed by atoms with Gasteiger partial charge in [-0.3, -0.25) is 0 Å². The van der Waals surface area contributed by atoms with Crippen LogP contribution in [0.15, 0.2) is 18.2 Å². The van der Waals surface area contributed by atoms with Gasteiger partial charge in [0.2, 0.25) is 0 Å². The molecule has 0 amide bonds. The second kappa shape index (κ2) is 7.50. The van der Waals surface area contributed by atoms with Crippen molar-refractivity contribution in [2.45, 2.75) is 27.3 Å². The Labute approximate surface area is 122 Å². The number of hydrogen-bond acceptors (Lipinski definition) is 4. The zero-order valence-corrected chi connectivity index (χ0v) is 13.4. The minimum Gasteiger partial charge on any atom is -0.504 e. The number of nitrogens with one attached hydrogen (secondary N) is 1. The average Bonchev–Trinajstić information content (AvgIpc) is 2.32. The van der Waals surface area contributed by atoms with Gasteiger partial charge in [-0.2, -0.15) is 0 Å². The highest BCUT2D eigenvalue weighted by Gasteiger charge is 2.18. The van der Waals surface area contributed by atoms with Gasteiger partial charge in [-0.25, -0.2) is 0 Å². The molecule has 114 valence electrons. The van der Waals surface area contributed by atoms with Crippen molar-refractivity contribution in [2.24, 2.45) is 5.41 Å². The predicted molar refractivity (Wildman–Crippen MR) is 83.3 cm³/mol. The van der Waals surface area contributed by atoms with Crippen molar-refractivity contribution >= 4 is 0 Å². The van der Waals surface area contributed by atoms with Gasteiger partial charge in [0.05, 0.1) is 6.61 Å². The summed E-state index contributed by atoms with van der Waals surface area (Å²) < 4.78 is 5.39. The first-order chi connectivity index (χ1) is 9.35. The molecular formula is C16H28N2O2. The Morgan fingerprint density at radius 1 is 1.30 bits per heavy atom. The van der Waals surface area contributed by atoms with Crippen molar-refractivity contribution in [2.75, 3.05) is 33.8 Å². The van der Waals surface area contributed by atoms with E-state index in [1.165, 1.54) is 0 Å². The number of benzene rings is 1. The summed E-state index contributed by atoms with van der Waals surface area (Å²) in [4.78, 5) is 2.19. The highest BCUT2D eigenvalue weighted by atomic mass is 16.5. The second-order valence-electron chi connectivity index (χ2n) is 6.20. The van der Waals surface area contributed by atoms with Gasteiger partial charge in [0.25, 0.3) is 0 Å². The summed E-state index contributed by atoms with van der Waals surface area (Å²) in [6.45, 7) is 9.49. The molecule has 0 aliphatic heterocycles. The van der Waals surface area contributed by atoms with Crippen molar-refractivity contribution in [3.05, 3.63) is 23.8 Å². The van der Waals surface area contributed by atoms with Crippen LogP contribution in [-0.2, 0) is 6.54 Å². The lowest BCUT2D eigenvalue weighted by Crippen LogP contribution is -2.37. The third-order valence-corrected chi connectivity index (χ3v) is 3.05. The van der Waals surface area contributed by atoms with Crippen LogP contribution in [0.1, 0.15) is 26.3 Å². The molecule has 0 saturated carbocycles. The van der Waals surface area contributed by atoms with Gasteiger partial charge in [-0.15, -0.1) is 0 Å². The quantitative estimate of drug-likeness (QED) is 0.768. The zero-order valence-electron chi connectivity index (χ0n) is 13.4. The molecule has 0 atom stereocenters. The van der Waals surface area contributed by atoms with E-state index in [-0.39, 0.29) is 11.2 Å². The molecule has 0 aliphatic rings. The van der Waals surface area contributed by atoms with Crippen LogP contribution in [0, 0.1) is 5.41 Å². The highest BCUT2D eigenvalue weighted by molar-refractivity contribution is 5.45. The fourth-order valence-electron chi connectivity index (χ4n) is 2.43. The van der Waals surface area contributed by atoms with Crippen LogP contribution in [0.25, 0.3) is 0 Å². The molecule has 0 unspecified atom stereocenters. The molecule has 0 bridgehead atoms. The van der Waals surface area contributed by atoms with E-state index < -0.39 is 0 Å². The third-order valence-electron chi connectivity index (χ3n) is 3.05. The smallest absolute Gasteiger partial charge is 0.162 e. The average molecular weight is 280 g/mol. The van der Waals surface area contributed by atoms with Crippen LogP contribution in [0.2, 0.25) is 0 Å². The van der Waals surface area contributed by atoms with Crippen LogP contribution >= 0.6 is 0 Å². The largest absolute Gasteiger partial charge is 0.504 e. The molecule has 1 rings (SSSR count). The van der Waals surface area contributed by atoms with Gasteiger partial charge in [0.1, 0.15) is 0 Å². The molecule has 1 aromatic rings. The van der Waals surface area contributed by atoms with Crippen molar-refractivity contribution < 1.29 is 9.84 Å². The molecule has 0 radical (unpaired) electrons. The van der Waals surface area contributed by atoms with Gasteiger partial charge in [0.15, 0.2) is 11.5 Å². The fraction of sp³-hybridized carbons (Fsp3) is 0.625. The lowest BCUT2D eigenvalue weighted by molar-refractivity contribution is 0.232. The SMILES string of the molecule is CCOc1cccc(CNCC(C)(C)CN(C)C)c1O. The molecular weight excluding hydrogens is 252 g/mol. The molecule has 0 aromatic heterocycles. The Kier molecular flexibility index (Phi) is 6.30. The predicted octanol–water partition coefficient (Wildman–Crippen LogP) is 2.47. The minimum atomic E-state index is 0.191. The van der Waals surface area contributed by atoms with Crippen LogP contribution in [0.5, 0.6) is 11.5 Å². The molecule has 0 saturated heterocycles. The molecule has 20 heavy (non-hydrogen) atoms. The van der Waals surface area contributed by atoms with Crippen LogP contribution in [0.4, 0.5) is 0 Å². The van der Waals surface area contributed by atoms with Gasteiger partial charge in [0, 0.05) is 25.2 Å². The van der Waals surface area contributed by atoms with Crippen LogP contribution in [0.3, 0.4) is 0 Å². The lowest BCUT2D eigenvalue weighted by atomic mass is 9.93. The van der Waals surface area contributed by atoms with Crippen LogP contribution in [-0.4, -0.2) is 43.8 Å². The molecule has 4 heteroatoms. The molecule has 0 fully saturated rings. The maximum absolute atomic E-state index is 10.1. The van der Waals surface area contributed by atoms with Crippen molar-refractivity contribution in [3.8, 4) is 11.5 Å². The summed E-state index contributed by atoms with van der Waals surface area (Å²) in [5.74, 6) is 0.798. The van der Waals surface area contributed by atoms with E-state index in [9.17, 15) is 5.11 Å². The van der Waals surface area contributed by atoms with E-state index in [2.05, 4.69) is 38.2 Å². The van der Waals surface area contributed by atoms with Gasteiger partial charge in [-0.1, -0.05) is 26.0 Å². The standard InChI is InChI=1S/C16H28N2O2/c1-6-20-14-9-7-8-13(15(14)19)10-17-11-16(2,3)12-18(4)5/h7-9,17,19H,6,10-12H2,1-5H3. The van der Waals surface area contributed by atoms with Crippen molar-refractivity contribution in [3.63, 3.8) is 0 Å². The van der Waals surface area contributed by atoms with Gasteiger partial charge in [-0.05, 0) is 32.5 Å². The summed E-state index contributed by atoms with van der Waals surface area (Å²) in [5.41, 5.74) is 1.06.